The Kier molecular flexibility index (Phi) is 5.64. The minimum atomic E-state index is 0.595. The lowest BCUT2D eigenvalue weighted by Crippen LogP contribution is -1.81. The van der Waals surface area contributed by atoms with E-state index >= 15 is 0 Å². The summed E-state index contributed by atoms with van der Waals surface area (Å²) in [5, 5.41) is 0. The van der Waals surface area contributed by atoms with E-state index in [2.05, 4.69) is 0 Å². The summed E-state index contributed by atoms with van der Waals surface area (Å²) in [7, 11) is 0. The molecule has 0 amide bonds. The van der Waals surface area contributed by atoms with Gasteiger partial charge in [0.15, 0.2) is 0 Å². The molecule has 0 aliphatic rings. The SMILES string of the molecule is CC/C(C=O)=C\CCCl. The second-order valence-corrected chi connectivity index (χ2v) is 2.11. The van der Waals surface area contributed by atoms with E-state index in [0.29, 0.717) is 5.88 Å². The minimum absolute atomic E-state index is 0.595. The van der Waals surface area contributed by atoms with Crippen LogP contribution in [0, 0.1) is 0 Å². The number of rotatable bonds is 4. The highest BCUT2D eigenvalue weighted by molar-refractivity contribution is 6.17. The minimum Gasteiger partial charge on any atom is -0.298 e. The molecule has 2 heteroatoms. The Labute approximate surface area is 60.7 Å². The third-order valence-corrected chi connectivity index (χ3v) is 1.29. The van der Waals surface area contributed by atoms with E-state index in [4.69, 9.17) is 11.6 Å². The predicted octanol–water partition coefficient (Wildman–Crippen LogP) is 2.15. The molecule has 0 bridgehead atoms. The number of hydrogen-bond donors (Lipinski definition) is 0. The van der Waals surface area contributed by atoms with Crippen molar-refractivity contribution in [2.45, 2.75) is 19.8 Å². The summed E-state index contributed by atoms with van der Waals surface area (Å²) in [5.41, 5.74) is 0.843. The van der Waals surface area contributed by atoms with E-state index in [1.54, 1.807) is 0 Å². The molecule has 0 aliphatic heterocycles. The average Bonchev–Trinajstić information content (AvgIpc) is 1.91. The van der Waals surface area contributed by atoms with Gasteiger partial charge in [-0.15, -0.1) is 11.6 Å². The molecule has 1 nitrogen and oxygen atoms in total. The third-order valence-electron chi connectivity index (χ3n) is 1.08. The predicted molar refractivity (Wildman–Crippen MR) is 39.8 cm³/mol. The van der Waals surface area contributed by atoms with Gasteiger partial charge in [-0.2, -0.15) is 0 Å². The average molecular weight is 147 g/mol. The molecule has 0 aromatic heterocycles. The fourth-order valence-electron chi connectivity index (χ4n) is 0.516. The normalized spacial score (nSPS) is 11.6. The van der Waals surface area contributed by atoms with Crippen LogP contribution in [0.4, 0.5) is 0 Å². The molecule has 0 aromatic carbocycles. The first-order valence-corrected chi connectivity index (χ1v) is 3.58. The molecule has 0 heterocycles. The molecule has 0 aliphatic carbocycles. The molecule has 0 fully saturated rings. The molecule has 0 unspecified atom stereocenters. The molecule has 0 rings (SSSR count). The number of halogens is 1. The molecule has 0 aromatic rings. The maximum atomic E-state index is 10.1. The van der Waals surface area contributed by atoms with Crippen molar-refractivity contribution in [1.29, 1.82) is 0 Å². The molecule has 0 saturated carbocycles. The molecular formula is C7H11ClO. The van der Waals surface area contributed by atoms with Crippen molar-refractivity contribution in [3.63, 3.8) is 0 Å². The third kappa shape index (κ3) is 4.22. The zero-order valence-corrected chi connectivity index (χ0v) is 6.32. The van der Waals surface area contributed by atoms with Gasteiger partial charge in [-0.1, -0.05) is 13.0 Å². The van der Waals surface area contributed by atoms with Crippen LogP contribution in [0.1, 0.15) is 19.8 Å². The van der Waals surface area contributed by atoms with Crippen molar-refractivity contribution in [3.05, 3.63) is 11.6 Å². The van der Waals surface area contributed by atoms with Crippen LogP contribution in [0.15, 0.2) is 11.6 Å². The van der Waals surface area contributed by atoms with Gasteiger partial charge < -0.3 is 0 Å². The number of aldehydes is 1. The largest absolute Gasteiger partial charge is 0.298 e. The highest BCUT2D eigenvalue weighted by atomic mass is 35.5. The van der Waals surface area contributed by atoms with Gasteiger partial charge in [0.25, 0.3) is 0 Å². The number of alkyl halides is 1. The molecule has 0 spiro atoms. The second kappa shape index (κ2) is 5.83. The Morgan fingerprint density at radius 2 is 2.33 bits per heavy atom. The van der Waals surface area contributed by atoms with E-state index in [1.165, 1.54) is 0 Å². The molecule has 52 valence electrons. The Bertz CT molecular complexity index is 107. The molecule has 0 N–H and O–H groups in total. The fourth-order valence-corrected chi connectivity index (χ4v) is 0.625. The van der Waals surface area contributed by atoms with Crippen molar-refractivity contribution >= 4 is 17.9 Å². The number of carbonyl (C=O) groups is 1. The Hall–Kier alpha value is -0.300. The van der Waals surface area contributed by atoms with E-state index in [9.17, 15) is 4.79 Å². The first kappa shape index (κ1) is 8.70. The summed E-state index contributed by atoms with van der Waals surface area (Å²) in [6, 6.07) is 0. The molecule has 9 heavy (non-hydrogen) atoms. The van der Waals surface area contributed by atoms with E-state index in [-0.39, 0.29) is 0 Å². The molecule has 0 atom stereocenters. The number of allylic oxidation sites excluding steroid dienone is 2. The van der Waals surface area contributed by atoms with Crippen LogP contribution in [0.2, 0.25) is 0 Å². The van der Waals surface area contributed by atoms with Crippen molar-refractivity contribution in [3.8, 4) is 0 Å². The summed E-state index contributed by atoms with van der Waals surface area (Å²) < 4.78 is 0. The fraction of sp³-hybridized carbons (Fsp3) is 0.571. The lowest BCUT2D eigenvalue weighted by molar-refractivity contribution is -0.105. The standard InChI is InChI=1S/C7H11ClO/c1-2-7(6-9)4-3-5-8/h4,6H,2-3,5H2,1H3/b7-4+. The topological polar surface area (TPSA) is 17.1 Å². The highest BCUT2D eigenvalue weighted by Crippen LogP contribution is 1.98. The van der Waals surface area contributed by atoms with Crippen LogP contribution in [0.3, 0.4) is 0 Å². The van der Waals surface area contributed by atoms with Gasteiger partial charge in [-0.25, -0.2) is 0 Å². The van der Waals surface area contributed by atoms with Crippen LogP contribution < -0.4 is 0 Å². The highest BCUT2D eigenvalue weighted by Gasteiger charge is 1.87. The van der Waals surface area contributed by atoms with Crippen LogP contribution in [-0.2, 0) is 4.79 Å². The van der Waals surface area contributed by atoms with E-state index in [0.717, 1.165) is 24.7 Å². The lowest BCUT2D eigenvalue weighted by Gasteiger charge is -1.89. The van der Waals surface area contributed by atoms with Gasteiger partial charge in [0, 0.05) is 5.88 Å². The lowest BCUT2D eigenvalue weighted by atomic mass is 10.2. The quantitative estimate of drug-likeness (QED) is 0.338. The summed E-state index contributed by atoms with van der Waals surface area (Å²) in [6.07, 6.45) is 4.36. The maximum absolute atomic E-state index is 10.1. The van der Waals surface area contributed by atoms with E-state index in [1.807, 2.05) is 13.0 Å². The van der Waals surface area contributed by atoms with Crippen LogP contribution in [0.5, 0.6) is 0 Å². The zero-order chi connectivity index (χ0) is 7.11. The Morgan fingerprint density at radius 1 is 1.67 bits per heavy atom. The van der Waals surface area contributed by atoms with Gasteiger partial charge in [-0.05, 0) is 18.4 Å². The first-order chi connectivity index (χ1) is 4.35. The zero-order valence-electron chi connectivity index (χ0n) is 5.56. The van der Waals surface area contributed by atoms with E-state index < -0.39 is 0 Å². The first-order valence-electron chi connectivity index (χ1n) is 3.05. The number of carbonyl (C=O) groups excluding carboxylic acids is 1. The molecular weight excluding hydrogens is 136 g/mol. The van der Waals surface area contributed by atoms with Gasteiger partial charge in [0.1, 0.15) is 6.29 Å². The van der Waals surface area contributed by atoms with Crippen molar-refractivity contribution in [1.82, 2.24) is 0 Å². The van der Waals surface area contributed by atoms with Crippen LogP contribution in [-0.4, -0.2) is 12.2 Å². The molecule has 0 radical (unpaired) electrons. The van der Waals surface area contributed by atoms with Crippen LogP contribution in [0.25, 0.3) is 0 Å². The summed E-state index contributed by atoms with van der Waals surface area (Å²) in [4.78, 5) is 10.1. The molecule has 0 saturated heterocycles. The van der Waals surface area contributed by atoms with Crippen molar-refractivity contribution in [2.24, 2.45) is 0 Å². The number of hydrogen-bond acceptors (Lipinski definition) is 1. The Balaban J connectivity index is 3.61. The Morgan fingerprint density at radius 3 is 2.67 bits per heavy atom. The smallest absolute Gasteiger partial charge is 0.145 e. The van der Waals surface area contributed by atoms with Crippen molar-refractivity contribution < 1.29 is 4.79 Å². The monoisotopic (exact) mass is 146 g/mol. The van der Waals surface area contributed by atoms with Gasteiger partial charge in [0.05, 0.1) is 0 Å². The van der Waals surface area contributed by atoms with Gasteiger partial charge in [0.2, 0.25) is 0 Å². The van der Waals surface area contributed by atoms with Gasteiger partial charge >= 0.3 is 0 Å². The summed E-state index contributed by atoms with van der Waals surface area (Å²) in [5.74, 6) is 0.595. The summed E-state index contributed by atoms with van der Waals surface area (Å²) in [6.45, 7) is 1.95. The second-order valence-electron chi connectivity index (χ2n) is 1.73. The van der Waals surface area contributed by atoms with Crippen molar-refractivity contribution in [2.75, 3.05) is 5.88 Å². The summed E-state index contributed by atoms with van der Waals surface area (Å²) >= 11 is 5.40. The maximum Gasteiger partial charge on any atom is 0.145 e. The van der Waals surface area contributed by atoms with Crippen LogP contribution >= 0.6 is 11.6 Å². The van der Waals surface area contributed by atoms with Gasteiger partial charge in [-0.3, -0.25) is 4.79 Å².